The summed E-state index contributed by atoms with van der Waals surface area (Å²) in [4.78, 5) is 33.7. The molecule has 1 aliphatic heterocycles. The van der Waals surface area contributed by atoms with Crippen LogP contribution in [-0.2, 0) is 11.4 Å². The molecule has 2 aliphatic rings. The molecule has 2 fully saturated rings. The number of ether oxygens (including phenoxy) is 1. The first kappa shape index (κ1) is 30.0. The Morgan fingerprint density at radius 2 is 1.83 bits per heavy atom. The van der Waals surface area contributed by atoms with Gasteiger partial charge in [-0.2, -0.15) is 0 Å². The molecule has 42 heavy (non-hydrogen) atoms. The summed E-state index contributed by atoms with van der Waals surface area (Å²) in [5.74, 6) is 0.148. The number of carbonyl (C=O) groups is 2. The summed E-state index contributed by atoms with van der Waals surface area (Å²) < 4.78 is 6.34. The zero-order valence-electron chi connectivity index (χ0n) is 25.1. The summed E-state index contributed by atoms with van der Waals surface area (Å²) in [7, 11) is 1.76. The van der Waals surface area contributed by atoms with Crippen LogP contribution < -0.4 is 9.64 Å². The maximum atomic E-state index is 13.0. The van der Waals surface area contributed by atoms with E-state index in [0.717, 1.165) is 64.8 Å². The van der Waals surface area contributed by atoms with Gasteiger partial charge in [0.1, 0.15) is 12.4 Å². The average molecular weight is 592 g/mol. The number of aliphatic hydroxyl groups is 1. The highest BCUT2D eigenvalue weighted by atomic mass is 32.1. The van der Waals surface area contributed by atoms with E-state index in [-0.39, 0.29) is 35.7 Å². The fraction of sp³-hybridized carbons (Fsp3) is 0.485. The van der Waals surface area contributed by atoms with Gasteiger partial charge in [-0.15, -0.1) is 11.3 Å². The Bertz CT molecular complexity index is 1450. The zero-order valence-corrected chi connectivity index (χ0v) is 25.9. The number of anilines is 1. The highest BCUT2D eigenvalue weighted by Gasteiger charge is 2.46. The van der Waals surface area contributed by atoms with E-state index in [9.17, 15) is 19.8 Å². The summed E-state index contributed by atoms with van der Waals surface area (Å²) in [5.41, 5.74) is 5.10. The van der Waals surface area contributed by atoms with E-state index in [4.69, 9.17) is 9.72 Å². The third kappa shape index (κ3) is 6.32. The van der Waals surface area contributed by atoms with Crippen molar-refractivity contribution < 1.29 is 24.5 Å². The predicted molar refractivity (Wildman–Crippen MR) is 165 cm³/mol. The zero-order chi connectivity index (χ0) is 30.2. The second kappa shape index (κ2) is 12.1. The van der Waals surface area contributed by atoms with Crippen molar-refractivity contribution in [3.8, 4) is 17.0 Å². The van der Waals surface area contributed by atoms with Gasteiger partial charge in [0.25, 0.3) is 5.91 Å². The Labute approximate surface area is 252 Å². The van der Waals surface area contributed by atoms with Crippen LogP contribution >= 0.6 is 11.3 Å². The van der Waals surface area contributed by atoms with E-state index < -0.39 is 5.97 Å². The summed E-state index contributed by atoms with van der Waals surface area (Å²) in [5, 5.41) is 22.2. The van der Waals surface area contributed by atoms with E-state index in [1.807, 2.05) is 58.0 Å². The van der Waals surface area contributed by atoms with Gasteiger partial charge in [-0.05, 0) is 73.9 Å². The van der Waals surface area contributed by atoms with Gasteiger partial charge in [-0.1, -0.05) is 31.5 Å². The second-order valence-electron chi connectivity index (χ2n) is 12.8. The predicted octanol–water partition coefficient (Wildman–Crippen LogP) is 5.64. The molecule has 2 heterocycles. The van der Waals surface area contributed by atoms with E-state index in [1.165, 1.54) is 0 Å². The quantitative estimate of drug-likeness (QED) is 0.314. The van der Waals surface area contributed by atoms with Crippen molar-refractivity contribution >= 4 is 28.3 Å². The molecule has 5 rings (SSSR count). The lowest BCUT2D eigenvalue weighted by Gasteiger charge is -2.35. The molecule has 224 valence electrons. The number of carboxylic acids is 1. The number of aryl methyl sites for hydroxylation is 2. The molecule has 1 amide bonds. The molecule has 2 aromatic carbocycles. The van der Waals surface area contributed by atoms with Gasteiger partial charge in [0.15, 0.2) is 5.13 Å². The highest BCUT2D eigenvalue weighted by Crippen LogP contribution is 2.44. The second-order valence-corrected chi connectivity index (χ2v) is 13.6. The Morgan fingerprint density at radius 3 is 2.48 bits per heavy atom. The Hall–Kier alpha value is -3.43. The lowest BCUT2D eigenvalue weighted by molar-refractivity contribution is -0.144. The van der Waals surface area contributed by atoms with Crippen LogP contribution in [0.15, 0.2) is 41.8 Å². The smallest absolute Gasteiger partial charge is 0.307 e. The lowest BCUT2D eigenvalue weighted by Crippen LogP contribution is -2.44. The number of hydrogen-bond acceptors (Lipinski definition) is 7. The number of carboxylic acid groups (broad SMARTS) is 1. The minimum atomic E-state index is -0.658. The lowest BCUT2D eigenvalue weighted by atomic mass is 9.85. The summed E-state index contributed by atoms with van der Waals surface area (Å²) in [6.45, 7) is 10.2. The van der Waals surface area contributed by atoms with Crippen molar-refractivity contribution in [3.05, 3.63) is 64.0 Å². The number of benzene rings is 2. The molecule has 9 heteroatoms. The molecular formula is C33H41N3O5S. The molecule has 2 atom stereocenters. The van der Waals surface area contributed by atoms with Gasteiger partial charge in [-0.3, -0.25) is 9.59 Å². The summed E-state index contributed by atoms with van der Waals surface area (Å²) >= 11 is 1.60. The fourth-order valence-corrected chi connectivity index (χ4v) is 7.26. The molecule has 1 saturated carbocycles. The van der Waals surface area contributed by atoms with Crippen LogP contribution in [0.4, 0.5) is 5.13 Å². The number of fused-ring (bicyclic) bond motifs is 2. The minimum absolute atomic E-state index is 0.00946. The molecule has 0 spiro atoms. The van der Waals surface area contributed by atoms with Crippen molar-refractivity contribution in [3.63, 3.8) is 0 Å². The molecule has 1 aliphatic carbocycles. The van der Waals surface area contributed by atoms with Crippen molar-refractivity contribution in [2.45, 2.75) is 47.1 Å². The largest absolute Gasteiger partial charge is 0.488 e. The van der Waals surface area contributed by atoms with Crippen LogP contribution in [0.1, 0.15) is 53.7 Å². The maximum Gasteiger partial charge on any atom is 0.307 e. The molecule has 0 radical (unpaired) electrons. The third-order valence-corrected chi connectivity index (χ3v) is 9.61. The van der Waals surface area contributed by atoms with Crippen LogP contribution in [0.3, 0.4) is 0 Å². The standard InChI is InChI=1S/C33H41N3O5S/c1-20-6-11-28(41-16-25-10-7-22(13-21(25)2)30(38)35(5)18-33(3,4)19-37)26(12-20)27-17-42-32(34-27)36-14-23-8-9-24(15-36)29(23)31(39)40/h6-7,10-13,17,23-24,29,37H,8-9,14-16,18-19H2,1-5H3,(H,39,40). The fourth-order valence-electron chi connectivity index (χ4n) is 6.42. The van der Waals surface area contributed by atoms with Crippen LogP contribution in [0.2, 0.25) is 0 Å². The van der Waals surface area contributed by atoms with Crippen LogP contribution in [-0.4, -0.2) is 65.3 Å². The number of thiazole rings is 1. The first-order chi connectivity index (χ1) is 20.0. The number of piperidine rings is 1. The maximum absolute atomic E-state index is 13.0. The third-order valence-electron chi connectivity index (χ3n) is 8.71. The number of aromatic nitrogens is 1. The molecule has 8 nitrogen and oxygen atoms in total. The Morgan fingerprint density at radius 1 is 1.12 bits per heavy atom. The Kier molecular flexibility index (Phi) is 8.62. The Balaban J connectivity index is 1.28. The molecule has 1 saturated heterocycles. The van der Waals surface area contributed by atoms with Gasteiger partial charge in [0.05, 0.1) is 11.6 Å². The normalized spacial score (nSPS) is 20.0. The average Bonchev–Trinajstić information content (AvgIpc) is 3.55. The minimum Gasteiger partial charge on any atom is -0.488 e. The first-order valence-electron chi connectivity index (χ1n) is 14.6. The van der Waals surface area contributed by atoms with E-state index >= 15 is 0 Å². The summed E-state index contributed by atoms with van der Waals surface area (Å²) in [6, 6.07) is 11.8. The monoisotopic (exact) mass is 591 g/mol. The number of nitrogens with zero attached hydrogens (tertiary/aromatic N) is 3. The number of amides is 1. The number of carbonyl (C=O) groups excluding carboxylic acids is 1. The van der Waals surface area contributed by atoms with Crippen LogP contribution in [0, 0.1) is 37.0 Å². The summed E-state index contributed by atoms with van der Waals surface area (Å²) in [6.07, 6.45) is 1.94. The van der Waals surface area contributed by atoms with Gasteiger partial charge in [0.2, 0.25) is 0 Å². The number of hydrogen-bond donors (Lipinski definition) is 2. The molecule has 2 bridgehead atoms. The topological polar surface area (TPSA) is 103 Å². The van der Waals surface area contributed by atoms with Crippen molar-refractivity contribution in [2.24, 2.45) is 23.2 Å². The molecule has 1 aromatic heterocycles. The van der Waals surface area contributed by atoms with E-state index in [1.54, 1.807) is 23.3 Å². The SMILES string of the molecule is Cc1ccc(OCc2ccc(C(=O)N(C)CC(C)(C)CO)cc2C)c(-c2csc(N3CC4CCC(C3)C4C(=O)O)n2)c1. The first-order valence-corrected chi connectivity index (χ1v) is 15.5. The van der Waals surface area contributed by atoms with E-state index in [0.29, 0.717) is 18.7 Å². The molecule has 2 unspecified atom stereocenters. The van der Waals surface area contributed by atoms with Gasteiger partial charge in [-0.25, -0.2) is 4.98 Å². The van der Waals surface area contributed by atoms with Crippen LogP contribution in [0.5, 0.6) is 5.75 Å². The van der Waals surface area contributed by atoms with Gasteiger partial charge >= 0.3 is 5.97 Å². The van der Waals surface area contributed by atoms with E-state index in [2.05, 4.69) is 16.3 Å². The van der Waals surface area contributed by atoms with Crippen molar-refractivity contribution in [2.75, 3.05) is 38.2 Å². The highest BCUT2D eigenvalue weighted by molar-refractivity contribution is 7.14. The molecule has 3 aromatic rings. The number of aliphatic carboxylic acids is 1. The number of rotatable bonds is 10. The number of aliphatic hydroxyl groups excluding tert-OH is 1. The van der Waals surface area contributed by atoms with Crippen molar-refractivity contribution in [1.82, 2.24) is 9.88 Å². The van der Waals surface area contributed by atoms with Gasteiger partial charge in [0, 0.05) is 55.2 Å². The van der Waals surface area contributed by atoms with Gasteiger partial charge < -0.3 is 24.7 Å². The molecule has 2 N–H and O–H groups in total. The van der Waals surface area contributed by atoms with Crippen molar-refractivity contribution in [1.29, 1.82) is 0 Å². The molecular weight excluding hydrogens is 550 g/mol. The van der Waals surface area contributed by atoms with Crippen LogP contribution in [0.25, 0.3) is 11.3 Å².